The van der Waals surface area contributed by atoms with Crippen LogP contribution in [0, 0.1) is 17.3 Å². The molecular formula is C14H30N2O2S. The van der Waals surface area contributed by atoms with Gasteiger partial charge in [-0.25, -0.2) is 13.6 Å². The second-order valence-electron chi connectivity index (χ2n) is 7.01. The van der Waals surface area contributed by atoms with Crippen LogP contribution in [0.4, 0.5) is 0 Å². The Morgan fingerprint density at radius 1 is 1.16 bits per heavy atom. The smallest absolute Gasteiger partial charge is 0.209 e. The molecular weight excluding hydrogens is 260 g/mol. The molecule has 0 aromatic heterocycles. The highest BCUT2D eigenvalue weighted by molar-refractivity contribution is 7.89. The standard InChI is InChI=1S/C14H30N2O2S/c1-14(2,3)13-7-5-12(6-8-13)11-16-9-4-10-19(15,17)18/h12-13,16H,4-11H2,1-3H3,(H2,15,17,18). The number of rotatable bonds is 6. The van der Waals surface area contributed by atoms with Crippen molar-refractivity contribution in [1.82, 2.24) is 5.32 Å². The van der Waals surface area contributed by atoms with Gasteiger partial charge in [-0.05, 0) is 62.4 Å². The lowest BCUT2D eigenvalue weighted by Crippen LogP contribution is -2.31. The summed E-state index contributed by atoms with van der Waals surface area (Å²) >= 11 is 0. The van der Waals surface area contributed by atoms with Crippen molar-refractivity contribution in [1.29, 1.82) is 0 Å². The summed E-state index contributed by atoms with van der Waals surface area (Å²) in [5, 5.41) is 8.32. The van der Waals surface area contributed by atoms with Crippen LogP contribution in [0.15, 0.2) is 0 Å². The van der Waals surface area contributed by atoms with Crippen molar-refractivity contribution in [2.45, 2.75) is 52.9 Å². The first-order valence-electron chi connectivity index (χ1n) is 7.39. The molecule has 0 heterocycles. The van der Waals surface area contributed by atoms with Crippen LogP contribution in [0.3, 0.4) is 0 Å². The molecule has 114 valence electrons. The van der Waals surface area contributed by atoms with Crippen LogP contribution in [-0.2, 0) is 10.0 Å². The Kier molecular flexibility index (Phi) is 6.27. The van der Waals surface area contributed by atoms with Crippen LogP contribution in [-0.4, -0.2) is 27.3 Å². The molecule has 1 rings (SSSR count). The highest BCUT2D eigenvalue weighted by Gasteiger charge is 2.29. The molecule has 4 nitrogen and oxygen atoms in total. The van der Waals surface area contributed by atoms with Crippen molar-refractivity contribution >= 4 is 10.0 Å². The molecule has 0 aliphatic heterocycles. The molecule has 0 radical (unpaired) electrons. The Balaban J connectivity index is 2.10. The van der Waals surface area contributed by atoms with Gasteiger partial charge in [-0.3, -0.25) is 0 Å². The lowest BCUT2D eigenvalue weighted by atomic mass is 9.70. The molecule has 0 unspecified atom stereocenters. The summed E-state index contributed by atoms with van der Waals surface area (Å²) in [6.07, 6.45) is 5.85. The zero-order valence-corrected chi connectivity index (χ0v) is 13.4. The van der Waals surface area contributed by atoms with E-state index in [1.807, 2.05) is 0 Å². The highest BCUT2D eigenvalue weighted by Crippen LogP contribution is 2.39. The lowest BCUT2D eigenvalue weighted by Gasteiger charge is -2.37. The lowest BCUT2D eigenvalue weighted by molar-refractivity contribution is 0.149. The summed E-state index contributed by atoms with van der Waals surface area (Å²) < 4.78 is 21.6. The normalized spacial score (nSPS) is 25.5. The van der Waals surface area contributed by atoms with Crippen LogP contribution in [0.2, 0.25) is 0 Å². The first-order valence-corrected chi connectivity index (χ1v) is 9.11. The van der Waals surface area contributed by atoms with Gasteiger partial charge in [0.25, 0.3) is 0 Å². The fourth-order valence-electron chi connectivity index (χ4n) is 2.94. The van der Waals surface area contributed by atoms with Crippen molar-refractivity contribution in [3.63, 3.8) is 0 Å². The molecule has 1 aliphatic carbocycles. The molecule has 0 spiro atoms. The number of hydrogen-bond donors (Lipinski definition) is 2. The summed E-state index contributed by atoms with van der Waals surface area (Å²) in [6, 6.07) is 0. The van der Waals surface area contributed by atoms with Crippen LogP contribution in [0.1, 0.15) is 52.9 Å². The van der Waals surface area contributed by atoms with Gasteiger partial charge in [0.05, 0.1) is 5.75 Å². The predicted molar refractivity (Wildman–Crippen MR) is 80.4 cm³/mol. The molecule has 5 heteroatoms. The van der Waals surface area contributed by atoms with E-state index in [1.54, 1.807) is 0 Å². The zero-order valence-electron chi connectivity index (χ0n) is 12.6. The molecule has 1 aliphatic rings. The van der Waals surface area contributed by atoms with Gasteiger partial charge < -0.3 is 5.32 Å². The summed E-state index contributed by atoms with van der Waals surface area (Å²) in [5.41, 5.74) is 0.438. The third kappa shape index (κ3) is 7.28. The second-order valence-corrected chi connectivity index (χ2v) is 8.74. The van der Waals surface area contributed by atoms with Crippen molar-refractivity contribution in [3.8, 4) is 0 Å². The van der Waals surface area contributed by atoms with E-state index in [0.717, 1.165) is 24.9 Å². The van der Waals surface area contributed by atoms with E-state index in [0.29, 0.717) is 11.8 Å². The number of hydrogen-bond acceptors (Lipinski definition) is 3. The molecule has 0 atom stereocenters. The molecule has 0 aromatic carbocycles. The third-order valence-electron chi connectivity index (χ3n) is 4.29. The monoisotopic (exact) mass is 290 g/mol. The fourth-order valence-corrected chi connectivity index (χ4v) is 3.48. The molecule has 3 N–H and O–H groups in total. The molecule has 0 saturated heterocycles. The fraction of sp³-hybridized carbons (Fsp3) is 1.00. The van der Waals surface area contributed by atoms with Crippen molar-refractivity contribution < 1.29 is 8.42 Å². The number of sulfonamides is 1. The maximum Gasteiger partial charge on any atom is 0.209 e. The molecule has 0 aromatic rings. The second kappa shape index (κ2) is 7.04. The largest absolute Gasteiger partial charge is 0.316 e. The molecule has 19 heavy (non-hydrogen) atoms. The number of nitrogens with two attached hydrogens (primary N) is 1. The number of nitrogens with one attached hydrogen (secondary N) is 1. The van der Waals surface area contributed by atoms with E-state index in [1.165, 1.54) is 25.7 Å². The first kappa shape index (κ1) is 16.9. The molecule has 1 fully saturated rings. The van der Waals surface area contributed by atoms with Gasteiger partial charge >= 0.3 is 0 Å². The Hall–Kier alpha value is -0.130. The van der Waals surface area contributed by atoms with Gasteiger partial charge in [0.2, 0.25) is 10.0 Å². The molecule has 0 amide bonds. The van der Waals surface area contributed by atoms with Gasteiger partial charge in [-0.1, -0.05) is 20.8 Å². The summed E-state index contributed by atoms with van der Waals surface area (Å²) in [6.45, 7) is 8.77. The molecule has 0 bridgehead atoms. The Bertz CT molecular complexity index is 352. The van der Waals surface area contributed by atoms with E-state index in [2.05, 4.69) is 26.1 Å². The van der Waals surface area contributed by atoms with E-state index >= 15 is 0 Å². The summed E-state index contributed by atoms with van der Waals surface area (Å²) in [7, 11) is -3.29. The Morgan fingerprint density at radius 2 is 1.74 bits per heavy atom. The number of primary sulfonamides is 1. The van der Waals surface area contributed by atoms with Gasteiger partial charge in [0.15, 0.2) is 0 Å². The highest BCUT2D eigenvalue weighted by atomic mass is 32.2. The van der Waals surface area contributed by atoms with Crippen LogP contribution in [0.5, 0.6) is 0 Å². The summed E-state index contributed by atoms with van der Waals surface area (Å²) in [4.78, 5) is 0. The van der Waals surface area contributed by atoms with E-state index in [4.69, 9.17) is 5.14 Å². The average Bonchev–Trinajstić information content (AvgIpc) is 2.26. The Labute approximate surface area is 118 Å². The van der Waals surface area contributed by atoms with Crippen molar-refractivity contribution in [2.75, 3.05) is 18.8 Å². The van der Waals surface area contributed by atoms with Crippen molar-refractivity contribution in [2.24, 2.45) is 22.4 Å². The van der Waals surface area contributed by atoms with E-state index in [-0.39, 0.29) is 5.75 Å². The minimum Gasteiger partial charge on any atom is -0.316 e. The van der Waals surface area contributed by atoms with Crippen LogP contribution < -0.4 is 10.5 Å². The maximum absolute atomic E-state index is 10.8. The maximum atomic E-state index is 10.8. The first-order chi connectivity index (χ1) is 8.68. The quantitative estimate of drug-likeness (QED) is 0.736. The van der Waals surface area contributed by atoms with Crippen LogP contribution >= 0.6 is 0 Å². The predicted octanol–water partition coefficient (Wildman–Crippen LogP) is 2.11. The van der Waals surface area contributed by atoms with Gasteiger partial charge in [0, 0.05) is 0 Å². The van der Waals surface area contributed by atoms with E-state index in [9.17, 15) is 8.42 Å². The van der Waals surface area contributed by atoms with Crippen molar-refractivity contribution in [3.05, 3.63) is 0 Å². The minimum atomic E-state index is -3.29. The van der Waals surface area contributed by atoms with Gasteiger partial charge in [-0.2, -0.15) is 0 Å². The molecule has 1 saturated carbocycles. The SMILES string of the molecule is CC(C)(C)C1CCC(CNCCCS(N)(=O)=O)CC1. The third-order valence-corrected chi connectivity index (χ3v) is 5.14. The Morgan fingerprint density at radius 3 is 2.21 bits per heavy atom. The van der Waals surface area contributed by atoms with Gasteiger partial charge in [0.1, 0.15) is 0 Å². The van der Waals surface area contributed by atoms with E-state index < -0.39 is 10.0 Å². The van der Waals surface area contributed by atoms with Crippen LogP contribution in [0.25, 0.3) is 0 Å². The zero-order chi connectivity index (χ0) is 14.5. The summed E-state index contributed by atoms with van der Waals surface area (Å²) in [5.74, 6) is 1.69. The average molecular weight is 290 g/mol. The topological polar surface area (TPSA) is 72.2 Å². The van der Waals surface area contributed by atoms with Gasteiger partial charge in [-0.15, -0.1) is 0 Å². The minimum absolute atomic E-state index is 0.0801.